The minimum Gasteiger partial charge on any atom is -0.312 e. The Balaban J connectivity index is 1.71. The van der Waals surface area contributed by atoms with Crippen molar-refractivity contribution in [2.24, 2.45) is 0 Å². The van der Waals surface area contributed by atoms with E-state index in [0.717, 1.165) is 38.3 Å². The molecule has 0 bridgehead atoms. The van der Waals surface area contributed by atoms with E-state index in [2.05, 4.69) is 26.7 Å². The van der Waals surface area contributed by atoms with Crippen LogP contribution in [0, 0.1) is 12.7 Å². The molecule has 1 atom stereocenters. The number of nitrogens with zero attached hydrogens (tertiary/aromatic N) is 5. The Hall–Kier alpha value is -1.84. The van der Waals surface area contributed by atoms with Gasteiger partial charge in [0.1, 0.15) is 16.5 Å². The van der Waals surface area contributed by atoms with Crippen molar-refractivity contribution in [3.8, 4) is 0 Å². The first kappa shape index (κ1) is 18.5. The molecule has 7 nitrogen and oxygen atoms in total. The maximum Gasteiger partial charge on any atom is 0.246 e. The van der Waals surface area contributed by atoms with Gasteiger partial charge in [0.05, 0.1) is 6.04 Å². The third kappa shape index (κ3) is 3.28. The highest BCUT2D eigenvalue weighted by Crippen LogP contribution is 2.37. The molecule has 27 heavy (non-hydrogen) atoms. The lowest BCUT2D eigenvalue weighted by Gasteiger charge is -2.24. The van der Waals surface area contributed by atoms with Crippen LogP contribution < -0.4 is 0 Å². The first-order valence-corrected chi connectivity index (χ1v) is 10.7. The summed E-state index contributed by atoms with van der Waals surface area (Å²) in [5.74, 6) is 0.850. The summed E-state index contributed by atoms with van der Waals surface area (Å²) in [5.41, 5.74) is 0.713. The van der Waals surface area contributed by atoms with E-state index in [1.807, 2.05) is 0 Å². The van der Waals surface area contributed by atoms with E-state index in [4.69, 9.17) is 0 Å². The summed E-state index contributed by atoms with van der Waals surface area (Å²) in [7, 11) is -1.88. The van der Waals surface area contributed by atoms with Crippen LogP contribution in [-0.4, -0.2) is 59.1 Å². The monoisotopic (exact) mass is 393 g/mol. The zero-order valence-corrected chi connectivity index (χ0v) is 16.4. The standard InChI is InChI=1S/C18H24FN5O2S/c1-13-5-6-14(19)16(12-13)27(25,26)24-8-3-4-15(24)18-21-20-17-7-9-22(2)10-11-23(17)18/h5-6,12,15H,3-4,7-11H2,1-2H3. The summed E-state index contributed by atoms with van der Waals surface area (Å²) in [5, 5.41) is 8.65. The molecule has 1 aromatic carbocycles. The van der Waals surface area contributed by atoms with Gasteiger partial charge in [-0.05, 0) is 44.5 Å². The molecular weight excluding hydrogens is 369 g/mol. The molecular formula is C18H24FN5O2S. The largest absolute Gasteiger partial charge is 0.312 e. The van der Waals surface area contributed by atoms with Crippen molar-refractivity contribution in [2.45, 2.75) is 43.7 Å². The molecule has 2 aromatic rings. The van der Waals surface area contributed by atoms with Crippen LogP contribution in [0.25, 0.3) is 0 Å². The summed E-state index contributed by atoms with van der Waals surface area (Å²) in [6.07, 6.45) is 2.18. The van der Waals surface area contributed by atoms with Gasteiger partial charge in [0, 0.05) is 32.6 Å². The van der Waals surface area contributed by atoms with Gasteiger partial charge in [-0.1, -0.05) is 6.07 Å². The Kier molecular flexibility index (Phi) is 4.77. The lowest BCUT2D eigenvalue weighted by molar-refractivity contribution is 0.330. The SMILES string of the molecule is Cc1ccc(F)c(S(=O)(=O)N2CCCC2c2nnc3n2CCN(C)CC3)c1. The quantitative estimate of drug-likeness (QED) is 0.794. The topological polar surface area (TPSA) is 71.3 Å². The van der Waals surface area contributed by atoms with Gasteiger partial charge in [-0.3, -0.25) is 0 Å². The number of fused-ring (bicyclic) bond motifs is 1. The van der Waals surface area contributed by atoms with Crippen LogP contribution in [0.15, 0.2) is 23.1 Å². The summed E-state index contributed by atoms with van der Waals surface area (Å²) in [6.45, 7) is 4.62. The highest BCUT2D eigenvalue weighted by molar-refractivity contribution is 7.89. The number of hydrogen-bond acceptors (Lipinski definition) is 5. The summed E-state index contributed by atoms with van der Waals surface area (Å²) in [6, 6.07) is 3.79. The zero-order valence-electron chi connectivity index (χ0n) is 15.6. The van der Waals surface area contributed by atoms with Crippen molar-refractivity contribution in [3.63, 3.8) is 0 Å². The van der Waals surface area contributed by atoms with E-state index in [1.165, 1.54) is 16.4 Å². The fraction of sp³-hybridized carbons (Fsp3) is 0.556. The number of halogens is 1. The van der Waals surface area contributed by atoms with Crippen molar-refractivity contribution in [1.29, 1.82) is 0 Å². The van der Waals surface area contributed by atoms with Gasteiger partial charge >= 0.3 is 0 Å². The number of hydrogen-bond donors (Lipinski definition) is 0. The predicted octanol–water partition coefficient (Wildman–Crippen LogP) is 1.74. The summed E-state index contributed by atoms with van der Waals surface area (Å²) < 4.78 is 44.2. The number of sulfonamides is 1. The molecule has 9 heteroatoms. The van der Waals surface area contributed by atoms with Crippen molar-refractivity contribution in [3.05, 3.63) is 41.2 Å². The molecule has 4 rings (SSSR count). The highest BCUT2D eigenvalue weighted by Gasteiger charge is 2.40. The molecule has 0 aliphatic carbocycles. The van der Waals surface area contributed by atoms with E-state index in [0.29, 0.717) is 24.4 Å². The van der Waals surface area contributed by atoms with Crippen LogP contribution in [0.2, 0.25) is 0 Å². The van der Waals surface area contributed by atoms with Gasteiger partial charge in [0.15, 0.2) is 5.82 Å². The Morgan fingerprint density at radius 2 is 1.96 bits per heavy atom. The third-order valence-electron chi connectivity index (χ3n) is 5.45. The summed E-state index contributed by atoms with van der Waals surface area (Å²) >= 11 is 0. The average molecular weight is 393 g/mol. The van der Waals surface area contributed by atoms with Crippen LogP contribution in [-0.2, 0) is 23.0 Å². The average Bonchev–Trinajstić information content (AvgIpc) is 3.23. The number of aryl methyl sites for hydroxylation is 1. The molecule has 0 spiro atoms. The molecule has 0 N–H and O–H groups in total. The van der Waals surface area contributed by atoms with Crippen LogP contribution >= 0.6 is 0 Å². The molecule has 1 unspecified atom stereocenters. The number of aromatic nitrogens is 3. The fourth-order valence-corrected chi connectivity index (χ4v) is 5.72. The minimum atomic E-state index is -3.95. The molecule has 0 saturated carbocycles. The lowest BCUT2D eigenvalue weighted by atomic mass is 10.2. The second-order valence-corrected chi connectivity index (χ2v) is 9.25. The number of benzene rings is 1. The summed E-state index contributed by atoms with van der Waals surface area (Å²) in [4.78, 5) is 1.97. The van der Waals surface area contributed by atoms with Crippen molar-refractivity contribution in [1.82, 2.24) is 24.0 Å². The van der Waals surface area contributed by atoms with Gasteiger partial charge in [-0.15, -0.1) is 10.2 Å². The fourth-order valence-electron chi connectivity index (χ4n) is 3.92. The normalized spacial score (nSPS) is 22.0. The molecule has 1 aromatic heterocycles. The molecule has 2 aliphatic rings. The first-order chi connectivity index (χ1) is 12.9. The van der Waals surface area contributed by atoms with E-state index >= 15 is 0 Å². The Labute approximate surface area is 158 Å². The van der Waals surface area contributed by atoms with Crippen molar-refractivity contribution >= 4 is 10.0 Å². The molecule has 0 amide bonds. The van der Waals surface area contributed by atoms with Gasteiger partial charge in [-0.2, -0.15) is 4.31 Å². The van der Waals surface area contributed by atoms with Crippen molar-refractivity contribution in [2.75, 3.05) is 26.7 Å². The minimum absolute atomic E-state index is 0.260. The Bertz CT molecular complexity index is 959. The predicted molar refractivity (Wildman–Crippen MR) is 98.2 cm³/mol. The highest BCUT2D eigenvalue weighted by atomic mass is 32.2. The second-order valence-electron chi connectivity index (χ2n) is 7.39. The molecule has 146 valence electrons. The molecule has 1 fully saturated rings. The second kappa shape index (κ2) is 6.96. The van der Waals surface area contributed by atoms with Gasteiger partial charge in [0.25, 0.3) is 0 Å². The van der Waals surface area contributed by atoms with Crippen molar-refractivity contribution < 1.29 is 12.8 Å². The zero-order chi connectivity index (χ0) is 19.2. The van der Waals surface area contributed by atoms with E-state index < -0.39 is 21.9 Å². The van der Waals surface area contributed by atoms with E-state index in [9.17, 15) is 12.8 Å². The Morgan fingerprint density at radius 3 is 2.78 bits per heavy atom. The first-order valence-electron chi connectivity index (χ1n) is 9.26. The molecule has 0 radical (unpaired) electrons. The lowest BCUT2D eigenvalue weighted by Crippen LogP contribution is -2.33. The third-order valence-corrected chi connectivity index (χ3v) is 7.38. The maximum absolute atomic E-state index is 14.3. The van der Waals surface area contributed by atoms with Gasteiger partial charge in [-0.25, -0.2) is 12.8 Å². The number of rotatable bonds is 3. The van der Waals surface area contributed by atoms with E-state index in [1.54, 1.807) is 13.0 Å². The molecule has 1 saturated heterocycles. The van der Waals surface area contributed by atoms with E-state index in [-0.39, 0.29) is 4.90 Å². The van der Waals surface area contributed by atoms with Crippen LogP contribution in [0.4, 0.5) is 4.39 Å². The maximum atomic E-state index is 14.3. The molecule has 3 heterocycles. The van der Waals surface area contributed by atoms with Crippen LogP contribution in [0.3, 0.4) is 0 Å². The Morgan fingerprint density at radius 1 is 1.15 bits per heavy atom. The smallest absolute Gasteiger partial charge is 0.246 e. The van der Waals surface area contributed by atoms with Crippen LogP contribution in [0.5, 0.6) is 0 Å². The van der Waals surface area contributed by atoms with Gasteiger partial charge < -0.3 is 9.47 Å². The number of likely N-dealkylation sites (N-methyl/N-ethyl adjacent to an activating group) is 1. The van der Waals surface area contributed by atoms with Gasteiger partial charge in [0.2, 0.25) is 10.0 Å². The molecule has 2 aliphatic heterocycles. The van der Waals surface area contributed by atoms with Crippen LogP contribution in [0.1, 0.15) is 36.1 Å².